The fourth-order valence-electron chi connectivity index (χ4n) is 9.30. The molecule has 0 spiro atoms. The summed E-state index contributed by atoms with van der Waals surface area (Å²) in [5.41, 5.74) is 18.7. The summed E-state index contributed by atoms with van der Waals surface area (Å²) in [7, 11) is 0. The first-order chi connectivity index (χ1) is 31.4. The summed E-state index contributed by atoms with van der Waals surface area (Å²) in [6.45, 7) is 9.58. The molecule has 8 heterocycles. The lowest BCUT2D eigenvalue weighted by molar-refractivity contribution is -0.0606. The molecule has 4 saturated heterocycles. The number of benzene rings is 2. The number of carbonyl (C=O) groups excluding carboxylic acids is 2. The van der Waals surface area contributed by atoms with Gasteiger partial charge in [0.2, 0.25) is 0 Å². The van der Waals surface area contributed by atoms with E-state index in [1.807, 2.05) is 18.7 Å². The van der Waals surface area contributed by atoms with Gasteiger partial charge in [0.25, 0.3) is 11.8 Å². The molecule has 6 aromatic rings. The van der Waals surface area contributed by atoms with Crippen LogP contribution >= 0.6 is 22.7 Å². The largest absolute Gasteiger partial charge is 0.396 e. The molecule has 18 heteroatoms. The van der Waals surface area contributed by atoms with Crippen LogP contribution in [0.5, 0.6) is 0 Å². The summed E-state index contributed by atoms with van der Waals surface area (Å²) in [4.78, 5) is 49.4. The van der Waals surface area contributed by atoms with Crippen molar-refractivity contribution >= 4 is 77.9 Å². The molecule has 2 aromatic carbocycles. The van der Waals surface area contributed by atoms with E-state index in [0.29, 0.717) is 67.9 Å². The molecule has 7 N–H and O–H groups in total. The third-order valence-corrected chi connectivity index (χ3v) is 15.0. The molecule has 0 saturated carbocycles. The van der Waals surface area contributed by atoms with Crippen LogP contribution in [0.15, 0.2) is 48.8 Å². The zero-order valence-electron chi connectivity index (χ0n) is 36.8. The topological polar surface area (TPSA) is 190 Å². The highest BCUT2D eigenvalue weighted by Crippen LogP contribution is 2.35. The van der Waals surface area contributed by atoms with Crippen LogP contribution in [0.3, 0.4) is 0 Å². The number of piperazine rings is 1. The maximum Gasteiger partial charge on any atom is 0.263 e. The molecule has 0 aliphatic carbocycles. The van der Waals surface area contributed by atoms with E-state index < -0.39 is 17.6 Å². The average Bonchev–Trinajstić information content (AvgIpc) is 3.95. The molecule has 4 aliphatic rings. The third-order valence-electron chi connectivity index (χ3n) is 12.8. The Morgan fingerprint density at radius 2 is 1.52 bits per heavy atom. The molecule has 10 rings (SSSR count). The van der Waals surface area contributed by atoms with Crippen molar-refractivity contribution in [1.29, 1.82) is 0 Å². The predicted octanol–water partition coefficient (Wildman–Crippen LogP) is 6.90. The molecule has 4 aliphatic heterocycles. The number of amides is 2. The van der Waals surface area contributed by atoms with E-state index in [9.17, 15) is 9.59 Å². The summed E-state index contributed by atoms with van der Waals surface area (Å²) >= 11 is 2.46. The summed E-state index contributed by atoms with van der Waals surface area (Å²) in [6.07, 6.45) is 10.6. The Morgan fingerprint density at radius 1 is 0.846 bits per heavy atom. The zero-order valence-corrected chi connectivity index (χ0v) is 38.5. The maximum absolute atomic E-state index is 15.1. The monoisotopic (exact) mass is 923 g/mol. The van der Waals surface area contributed by atoms with Gasteiger partial charge in [0.1, 0.15) is 42.1 Å². The number of thiophene rings is 2. The van der Waals surface area contributed by atoms with Gasteiger partial charge in [-0.1, -0.05) is 26.0 Å². The van der Waals surface area contributed by atoms with E-state index in [1.54, 1.807) is 19.3 Å². The van der Waals surface area contributed by atoms with E-state index >= 15 is 8.78 Å². The van der Waals surface area contributed by atoms with E-state index in [-0.39, 0.29) is 47.5 Å². The third kappa shape index (κ3) is 9.71. The minimum Gasteiger partial charge on any atom is -0.396 e. The molecule has 4 unspecified atom stereocenters. The second kappa shape index (κ2) is 19.1. The summed E-state index contributed by atoms with van der Waals surface area (Å²) in [5.74, 6) is -1.93. The second-order valence-corrected chi connectivity index (χ2v) is 19.6. The molecule has 14 nitrogen and oxygen atoms in total. The van der Waals surface area contributed by atoms with Gasteiger partial charge in [0, 0.05) is 75.2 Å². The molecule has 342 valence electrons. The van der Waals surface area contributed by atoms with Gasteiger partial charge in [-0.05, 0) is 81.2 Å². The van der Waals surface area contributed by atoms with E-state index in [0.717, 1.165) is 67.9 Å². The molecule has 65 heavy (non-hydrogen) atoms. The first-order valence-electron chi connectivity index (χ1n) is 22.5. The number of hydrogen-bond acceptors (Lipinski definition) is 14. The maximum atomic E-state index is 15.1. The number of halogens is 2. The number of carbonyl (C=O) groups is 2. The molecular weight excluding hydrogens is 869 g/mol. The van der Waals surface area contributed by atoms with Crippen LogP contribution in [-0.2, 0) is 17.6 Å². The highest BCUT2D eigenvalue weighted by molar-refractivity contribution is 7.21. The van der Waals surface area contributed by atoms with Gasteiger partial charge in [0.05, 0.1) is 46.9 Å². The Morgan fingerprint density at radius 3 is 2.23 bits per heavy atom. The van der Waals surface area contributed by atoms with Crippen molar-refractivity contribution in [3.63, 3.8) is 0 Å². The highest BCUT2D eigenvalue weighted by atomic mass is 32.1. The quantitative estimate of drug-likeness (QED) is 0.0906. The second-order valence-electron chi connectivity index (χ2n) is 17.6. The molecule has 0 radical (unpaired) electrons. The van der Waals surface area contributed by atoms with Gasteiger partial charge < -0.3 is 42.0 Å². The van der Waals surface area contributed by atoms with Crippen LogP contribution in [0.4, 0.5) is 31.5 Å². The van der Waals surface area contributed by atoms with Crippen LogP contribution in [0, 0.1) is 18.6 Å². The van der Waals surface area contributed by atoms with Crippen molar-refractivity contribution in [2.75, 3.05) is 60.5 Å². The van der Waals surface area contributed by atoms with Crippen LogP contribution in [-0.4, -0.2) is 95.3 Å². The summed E-state index contributed by atoms with van der Waals surface area (Å²) < 4.78 is 36.0. The van der Waals surface area contributed by atoms with Gasteiger partial charge in [-0.15, -0.1) is 22.7 Å². The van der Waals surface area contributed by atoms with Crippen molar-refractivity contribution in [2.24, 2.45) is 0 Å². The number of ether oxygens (including phenoxy) is 1. The number of rotatable bonds is 11. The number of fused-ring (bicyclic) bond motifs is 6. The predicted molar refractivity (Wildman–Crippen MR) is 254 cm³/mol. The van der Waals surface area contributed by atoms with E-state index in [4.69, 9.17) is 16.2 Å². The number of anilines is 4. The lowest BCUT2D eigenvalue weighted by atomic mass is 9.97. The Hall–Kier alpha value is -5.56. The number of aromatic nitrogens is 4. The number of nitrogen functional groups attached to an aromatic ring is 2. The number of nitrogens with one attached hydrogen (secondary N) is 3. The SMILES string of the molecule is CCc1cnc2sc(C(=O)NCCc3ccc(N4CC5CCC(C4)N5)cc3)c(N)c2n1.Cc1cnc2c(N)c(C(=O)NC[C@H](C)c3cc(F)c(N4CC5CCCC(C4)O5)cc3F)sc2n1. The standard InChI is InChI=1S/C24H27F2N5O2S.C23H28N6OS/c1-12(8-29-23(32)22-20(27)21-24(34-22)30-13(2)9-28-21)16-6-18(26)19(7-17(16)25)31-10-14-4-3-5-15(11-31)33-14;1-2-15-11-26-23-20(28-15)19(24)21(31-23)22(30)25-10-9-14-3-7-18(8-4-14)29-12-16-5-6-17(13-29)27-16/h6-7,9,12,14-15H,3-5,8,10-11,27H2,1-2H3,(H,29,32);3-4,7-8,11,16-17,27H,2,5-6,9-10,12-13,24H2,1H3,(H,25,30)/t12-,14?,15?;/m0./s1. The Balaban J connectivity index is 0.000000165. The normalized spacial score (nSPS) is 20.7. The van der Waals surface area contributed by atoms with Crippen molar-refractivity contribution in [3.8, 4) is 0 Å². The van der Waals surface area contributed by atoms with Crippen molar-refractivity contribution in [2.45, 2.75) is 95.9 Å². The van der Waals surface area contributed by atoms with Gasteiger partial charge in [-0.3, -0.25) is 9.59 Å². The van der Waals surface area contributed by atoms with Crippen LogP contribution in [0.1, 0.15) is 93.7 Å². The number of hydrogen-bond donors (Lipinski definition) is 5. The van der Waals surface area contributed by atoms with Crippen LogP contribution in [0.2, 0.25) is 0 Å². The molecule has 4 bridgehead atoms. The first-order valence-corrected chi connectivity index (χ1v) is 24.1. The Labute approximate surface area is 384 Å². The molecule has 4 fully saturated rings. The van der Waals surface area contributed by atoms with Crippen molar-refractivity contribution in [3.05, 3.63) is 92.7 Å². The lowest BCUT2D eigenvalue weighted by Crippen LogP contribution is -2.51. The zero-order chi connectivity index (χ0) is 45.4. The number of nitrogens with zero attached hydrogens (tertiary/aromatic N) is 6. The van der Waals surface area contributed by atoms with E-state index in [1.165, 1.54) is 47.6 Å². The van der Waals surface area contributed by atoms with Crippen molar-refractivity contribution in [1.82, 2.24) is 35.9 Å². The van der Waals surface area contributed by atoms with Gasteiger partial charge >= 0.3 is 0 Å². The Bertz CT molecular complexity index is 2690. The number of aryl methyl sites for hydroxylation is 2. The lowest BCUT2D eigenvalue weighted by Gasteiger charge is -2.42. The van der Waals surface area contributed by atoms with Gasteiger partial charge in [-0.25, -0.2) is 28.7 Å². The first kappa shape index (κ1) is 44.6. The van der Waals surface area contributed by atoms with E-state index in [2.05, 4.69) is 65.1 Å². The molecule has 4 aromatic heterocycles. The molecule has 5 atom stereocenters. The van der Waals surface area contributed by atoms with Gasteiger partial charge in [-0.2, -0.15) is 0 Å². The highest BCUT2D eigenvalue weighted by Gasteiger charge is 2.34. The smallest absolute Gasteiger partial charge is 0.263 e. The molecule has 2 amide bonds. The Kier molecular flexibility index (Phi) is 13.1. The minimum absolute atomic E-state index is 0.0689. The summed E-state index contributed by atoms with van der Waals surface area (Å²) in [6, 6.07) is 12.5. The van der Waals surface area contributed by atoms with Gasteiger partial charge in [0.15, 0.2) is 0 Å². The number of morpholine rings is 1. The minimum atomic E-state index is -0.486. The number of nitrogens with two attached hydrogens (primary N) is 2. The average molecular weight is 924 g/mol. The fourth-order valence-corrected chi connectivity index (χ4v) is 11.2. The fraction of sp³-hybridized carbons (Fsp3) is 0.447. The van der Waals surface area contributed by atoms with Crippen molar-refractivity contribution < 1.29 is 23.1 Å². The van der Waals surface area contributed by atoms with Crippen LogP contribution in [0.25, 0.3) is 20.7 Å². The summed E-state index contributed by atoms with van der Waals surface area (Å²) in [5, 5.41) is 9.45. The van der Waals surface area contributed by atoms with Crippen LogP contribution < -0.4 is 37.2 Å². The molecular formula is C47H55F2N11O3S2.